The maximum absolute atomic E-state index is 5.86. The molecule has 0 heterocycles. The molecule has 2 aromatic rings. The van der Waals surface area contributed by atoms with Gasteiger partial charge in [-0.1, -0.05) is 29.8 Å². The Kier molecular flexibility index (Phi) is 5.27. The number of ether oxygens (including phenoxy) is 2. The summed E-state index contributed by atoms with van der Waals surface area (Å²) in [7, 11) is 3.28. The van der Waals surface area contributed by atoms with E-state index in [4.69, 9.17) is 21.1 Å². The highest BCUT2D eigenvalue weighted by Gasteiger charge is 2.04. The highest BCUT2D eigenvalue weighted by atomic mass is 35.5. The van der Waals surface area contributed by atoms with Crippen LogP contribution >= 0.6 is 11.6 Å². The SMILES string of the molecule is COc1ccc(CNCc2ccc(Cl)cc2)cc1OC. The van der Waals surface area contributed by atoms with Crippen LogP contribution in [0.4, 0.5) is 0 Å². The van der Waals surface area contributed by atoms with Crippen LogP contribution in [-0.2, 0) is 13.1 Å². The highest BCUT2D eigenvalue weighted by molar-refractivity contribution is 6.30. The van der Waals surface area contributed by atoms with Crippen LogP contribution in [-0.4, -0.2) is 14.2 Å². The third kappa shape index (κ3) is 3.89. The summed E-state index contributed by atoms with van der Waals surface area (Å²) < 4.78 is 10.5. The number of methoxy groups -OCH3 is 2. The summed E-state index contributed by atoms with van der Waals surface area (Å²) in [6.45, 7) is 1.56. The normalized spacial score (nSPS) is 10.3. The number of halogens is 1. The summed E-state index contributed by atoms with van der Waals surface area (Å²) in [6.07, 6.45) is 0. The molecule has 1 N–H and O–H groups in total. The van der Waals surface area contributed by atoms with Crippen molar-refractivity contribution in [1.82, 2.24) is 5.32 Å². The third-order valence-electron chi connectivity index (χ3n) is 3.02. The van der Waals surface area contributed by atoms with Gasteiger partial charge in [0.05, 0.1) is 14.2 Å². The molecule has 4 heteroatoms. The number of benzene rings is 2. The fraction of sp³-hybridized carbons (Fsp3) is 0.250. The smallest absolute Gasteiger partial charge is 0.161 e. The molecule has 0 aliphatic rings. The molecule has 0 amide bonds. The first kappa shape index (κ1) is 14.7. The summed E-state index contributed by atoms with van der Waals surface area (Å²) in [6, 6.07) is 13.7. The second kappa shape index (κ2) is 7.17. The molecule has 0 atom stereocenters. The Balaban J connectivity index is 1.92. The molecule has 0 radical (unpaired) electrons. The van der Waals surface area contributed by atoms with Gasteiger partial charge in [-0.15, -0.1) is 0 Å². The van der Waals surface area contributed by atoms with Crippen molar-refractivity contribution in [3.63, 3.8) is 0 Å². The van der Waals surface area contributed by atoms with E-state index in [1.165, 1.54) is 5.56 Å². The molecule has 0 aliphatic carbocycles. The Hall–Kier alpha value is -1.71. The lowest BCUT2D eigenvalue weighted by Gasteiger charge is -2.10. The first-order valence-corrected chi connectivity index (χ1v) is 6.77. The van der Waals surface area contributed by atoms with E-state index in [0.29, 0.717) is 0 Å². The van der Waals surface area contributed by atoms with Crippen LogP contribution < -0.4 is 14.8 Å². The van der Waals surface area contributed by atoms with Crippen LogP contribution in [0, 0.1) is 0 Å². The van der Waals surface area contributed by atoms with Gasteiger partial charge in [0.1, 0.15) is 0 Å². The lowest BCUT2D eigenvalue weighted by molar-refractivity contribution is 0.354. The van der Waals surface area contributed by atoms with E-state index in [0.717, 1.165) is 35.2 Å². The molecule has 0 saturated heterocycles. The second-order valence-electron chi connectivity index (χ2n) is 4.42. The predicted octanol–water partition coefficient (Wildman–Crippen LogP) is 3.65. The van der Waals surface area contributed by atoms with Gasteiger partial charge in [-0.25, -0.2) is 0 Å². The average Bonchev–Trinajstić information content (AvgIpc) is 2.49. The number of nitrogens with one attached hydrogen (secondary N) is 1. The largest absolute Gasteiger partial charge is 0.493 e. The molecule has 0 unspecified atom stereocenters. The molecular formula is C16H18ClNO2. The predicted molar refractivity (Wildman–Crippen MR) is 81.5 cm³/mol. The molecule has 0 bridgehead atoms. The Labute approximate surface area is 124 Å². The summed E-state index contributed by atoms with van der Waals surface area (Å²) in [5.41, 5.74) is 2.35. The molecule has 0 saturated carbocycles. The summed E-state index contributed by atoms with van der Waals surface area (Å²) in [4.78, 5) is 0. The van der Waals surface area contributed by atoms with Crippen molar-refractivity contribution in [3.05, 3.63) is 58.6 Å². The first-order chi connectivity index (χ1) is 9.72. The Bertz CT molecular complexity index is 555. The third-order valence-corrected chi connectivity index (χ3v) is 3.27. The molecule has 0 aromatic heterocycles. The minimum absolute atomic E-state index is 0.744. The van der Waals surface area contributed by atoms with Crippen LogP contribution in [0.3, 0.4) is 0 Å². The van der Waals surface area contributed by atoms with E-state index in [2.05, 4.69) is 5.32 Å². The van der Waals surface area contributed by atoms with Crippen molar-refractivity contribution in [2.45, 2.75) is 13.1 Å². The topological polar surface area (TPSA) is 30.5 Å². The van der Waals surface area contributed by atoms with E-state index in [1.54, 1.807) is 14.2 Å². The zero-order chi connectivity index (χ0) is 14.4. The van der Waals surface area contributed by atoms with Gasteiger partial charge in [0.2, 0.25) is 0 Å². The number of hydrogen-bond acceptors (Lipinski definition) is 3. The van der Waals surface area contributed by atoms with Gasteiger partial charge >= 0.3 is 0 Å². The lowest BCUT2D eigenvalue weighted by atomic mass is 10.2. The summed E-state index contributed by atoms with van der Waals surface area (Å²) >= 11 is 5.86. The van der Waals surface area contributed by atoms with Crippen LogP contribution in [0.25, 0.3) is 0 Å². The van der Waals surface area contributed by atoms with E-state index in [-0.39, 0.29) is 0 Å². The molecule has 106 valence electrons. The quantitative estimate of drug-likeness (QED) is 0.881. The van der Waals surface area contributed by atoms with Crippen molar-refractivity contribution in [3.8, 4) is 11.5 Å². The molecule has 0 aliphatic heterocycles. The van der Waals surface area contributed by atoms with Gasteiger partial charge in [-0.3, -0.25) is 0 Å². The van der Waals surface area contributed by atoms with Crippen molar-refractivity contribution < 1.29 is 9.47 Å². The van der Waals surface area contributed by atoms with Crippen molar-refractivity contribution in [2.75, 3.05) is 14.2 Å². The van der Waals surface area contributed by atoms with Gasteiger partial charge in [-0.05, 0) is 35.4 Å². The molecule has 2 rings (SSSR count). The zero-order valence-electron chi connectivity index (χ0n) is 11.7. The van der Waals surface area contributed by atoms with Gasteiger partial charge in [-0.2, -0.15) is 0 Å². The summed E-state index contributed by atoms with van der Waals surface area (Å²) in [5.74, 6) is 1.49. The summed E-state index contributed by atoms with van der Waals surface area (Å²) in [5, 5.41) is 4.14. The lowest BCUT2D eigenvalue weighted by Crippen LogP contribution is -2.12. The van der Waals surface area contributed by atoms with Crippen LogP contribution in [0.1, 0.15) is 11.1 Å². The highest BCUT2D eigenvalue weighted by Crippen LogP contribution is 2.27. The maximum Gasteiger partial charge on any atom is 0.161 e. The van der Waals surface area contributed by atoms with Gasteiger partial charge in [0.15, 0.2) is 11.5 Å². The van der Waals surface area contributed by atoms with E-state index >= 15 is 0 Å². The second-order valence-corrected chi connectivity index (χ2v) is 4.86. The fourth-order valence-electron chi connectivity index (χ4n) is 1.94. The average molecular weight is 292 g/mol. The van der Waals surface area contributed by atoms with Crippen LogP contribution in [0.15, 0.2) is 42.5 Å². The van der Waals surface area contributed by atoms with Crippen molar-refractivity contribution in [2.24, 2.45) is 0 Å². The van der Waals surface area contributed by atoms with Crippen molar-refractivity contribution >= 4 is 11.6 Å². The minimum Gasteiger partial charge on any atom is -0.493 e. The van der Waals surface area contributed by atoms with Gasteiger partial charge in [0.25, 0.3) is 0 Å². The maximum atomic E-state index is 5.86. The molecule has 0 spiro atoms. The number of rotatable bonds is 6. The Morgan fingerprint density at radius 3 is 2.10 bits per heavy atom. The monoisotopic (exact) mass is 291 g/mol. The van der Waals surface area contributed by atoms with E-state index < -0.39 is 0 Å². The van der Waals surface area contributed by atoms with Gasteiger partial charge < -0.3 is 14.8 Å². The molecule has 0 fully saturated rings. The van der Waals surface area contributed by atoms with Gasteiger partial charge in [0, 0.05) is 18.1 Å². The molecule has 2 aromatic carbocycles. The Morgan fingerprint density at radius 1 is 0.850 bits per heavy atom. The Morgan fingerprint density at radius 2 is 1.45 bits per heavy atom. The van der Waals surface area contributed by atoms with Crippen LogP contribution in [0.5, 0.6) is 11.5 Å². The van der Waals surface area contributed by atoms with E-state index in [9.17, 15) is 0 Å². The zero-order valence-corrected chi connectivity index (χ0v) is 12.4. The fourth-order valence-corrected chi connectivity index (χ4v) is 2.07. The number of hydrogen-bond donors (Lipinski definition) is 1. The molecule has 3 nitrogen and oxygen atoms in total. The van der Waals surface area contributed by atoms with E-state index in [1.807, 2.05) is 42.5 Å². The molecule has 20 heavy (non-hydrogen) atoms. The van der Waals surface area contributed by atoms with Crippen LogP contribution in [0.2, 0.25) is 5.02 Å². The minimum atomic E-state index is 0.744. The standard InChI is InChI=1S/C16H18ClNO2/c1-19-15-8-5-13(9-16(15)20-2)11-18-10-12-3-6-14(17)7-4-12/h3-9,18H,10-11H2,1-2H3. The first-order valence-electron chi connectivity index (χ1n) is 6.39. The molecular weight excluding hydrogens is 274 g/mol. The van der Waals surface area contributed by atoms with Crippen molar-refractivity contribution in [1.29, 1.82) is 0 Å².